The van der Waals surface area contributed by atoms with Gasteiger partial charge in [0.1, 0.15) is 0 Å². The Labute approximate surface area is 131 Å². The first-order chi connectivity index (χ1) is 10.2. The van der Waals surface area contributed by atoms with E-state index in [1.807, 2.05) is 49.4 Å². The number of aryl methyl sites for hydroxylation is 1. The Kier molecular flexibility index (Phi) is 3.71. The average Bonchev–Trinajstić information content (AvgIpc) is 2.51. The number of rotatable bonds is 2. The third-order valence-corrected chi connectivity index (χ3v) is 4.39. The van der Waals surface area contributed by atoms with E-state index in [4.69, 9.17) is 0 Å². The minimum absolute atomic E-state index is 0.139. The third kappa shape index (κ3) is 2.67. The first-order valence-electron chi connectivity index (χ1n) is 6.57. The van der Waals surface area contributed by atoms with Crippen LogP contribution in [-0.4, -0.2) is 10.9 Å². The molecule has 3 aromatic rings. The highest BCUT2D eigenvalue weighted by Crippen LogP contribution is 2.27. The van der Waals surface area contributed by atoms with Crippen molar-refractivity contribution in [3.63, 3.8) is 0 Å². The molecule has 0 fully saturated rings. The summed E-state index contributed by atoms with van der Waals surface area (Å²) in [6.45, 7) is 1.99. The van der Waals surface area contributed by atoms with E-state index in [0.29, 0.717) is 5.56 Å². The van der Waals surface area contributed by atoms with E-state index in [1.54, 1.807) is 12.3 Å². The minimum Gasteiger partial charge on any atom is -0.321 e. The Bertz CT molecular complexity index is 825. The van der Waals surface area contributed by atoms with Crippen molar-refractivity contribution in [1.82, 2.24) is 4.98 Å². The van der Waals surface area contributed by atoms with Crippen LogP contribution in [0.15, 0.2) is 59.2 Å². The van der Waals surface area contributed by atoms with Gasteiger partial charge in [-0.05, 0) is 46.6 Å². The maximum Gasteiger partial charge on any atom is 0.256 e. The quantitative estimate of drug-likeness (QED) is 0.743. The Morgan fingerprint density at radius 1 is 1.10 bits per heavy atom. The van der Waals surface area contributed by atoms with Crippen LogP contribution in [0.4, 0.5) is 5.69 Å². The number of carbonyl (C=O) groups excluding carboxylic acids is 1. The lowest BCUT2D eigenvalue weighted by atomic mass is 10.1. The Morgan fingerprint density at radius 3 is 2.76 bits per heavy atom. The number of fused-ring (bicyclic) bond motifs is 1. The average molecular weight is 341 g/mol. The molecule has 0 atom stereocenters. The molecule has 104 valence electrons. The molecule has 3 nitrogen and oxygen atoms in total. The van der Waals surface area contributed by atoms with Gasteiger partial charge in [0.25, 0.3) is 5.91 Å². The fourth-order valence-corrected chi connectivity index (χ4v) is 2.59. The van der Waals surface area contributed by atoms with Gasteiger partial charge in [0.15, 0.2) is 0 Å². The summed E-state index contributed by atoms with van der Waals surface area (Å²) in [5.41, 5.74) is 3.27. The first-order valence-corrected chi connectivity index (χ1v) is 7.36. The van der Waals surface area contributed by atoms with Crippen molar-refractivity contribution in [1.29, 1.82) is 0 Å². The maximum absolute atomic E-state index is 12.5. The molecule has 0 unspecified atom stereocenters. The van der Waals surface area contributed by atoms with Crippen LogP contribution < -0.4 is 5.32 Å². The van der Waals surface area contributed by atoms with Gasteiger partial charge in [-0.15, -0.1) is 0 Å². The van der Waals surface area contributed by atoms with Gasteiger partial charge in [-0.1, -0.05) is 30.3 Å². The van der Waals surface area contributed by atoms with Crippen LogP contribution in [0, 0.1) is 6.92 Å². The highest BCUT2D eigenvalue weighted by atomic mass is 79.9. The summed E-state index contributed by atoms with van der Waals surface area (Å²) in [4.78, 5) is 16.8. The van der Waals surface area contributed by atoms with Crippen LogP contribution >= 0.6 is 15.9 Å². The van der Waals surface area contributed by atoms with Gasteiger partial charge in [-0.2, -0.15) is 0 Å². The second kappa shape index (κ2) is 5.66. The van der Waals surface area contributed by atoms with Gasteiger partial charge in [0, 0.05) is 16.1 Å². The summed E-state index contributed by atoms with van der Waals surface area (Å²) in [7, 11) is 0. The fraction of sp³-hybridized carbons (Fsp3) is 0.0588. The number of carbonyl (C=O) groups is 1. The molecule has 2 aromatic carbocycles. The molecule has 0 aliphatic carbocycles. The van der Waals surface area contributed by atoms with E-state index in [-0.39, 0.29) is 5.91 Å². The third-order valence-electron chi connectivity index (χ3n) is 3.33. The van der Waals surface area contributed by atoms with Crippen LogP contribution in [0.3, 0.4) is 0 Å². The SMILES string of the molecule is Cc1cccc(NC(=O)c2ccnc3ccccc23)c1Br. The molecule has 0 saturated heterocycles. The molecule has 0 bridgehead atoms. The van der Waals surface area contributed by atoms with Gasteiger partial charge < -0.3 is 5.32 Å². The molecule has 4 heteroatoms. The van der Waals surface area contributed by atoms with E-state index in [2.05, 4.69) is 26.2 Å². The number of nitrogens with zero attached hydrogens (tertiary/aromatic N) is 1. The number of para-hydroxylation sites is 1. The lowest BCUT2D eigenvalue weighted by molar-refractivity contribution is 0.102. The molecule has 0 aliphatic heterocycles. The van der Waals surface area contributed by atoms with Gasteiger partial charge in [-0.25, -0.2) is 0 Å². The number of amides is 1. The summed E-state index contributed by atoms with van der Waals surface area (Å²) >= 11 is 3.50. The predicted octanol–water partition coefficient (Wildman–Crippen LogP) is 4.56. The molecule has 1 amide bonds. The molecular weight excluding hydrogens is 328 g/mol. The molecule has 0 aliphatic rings. The van der Waals surface area contributed by atoms with Crippen LogP contribution in [0.25, 0.3) is 10.9 Å². The van der Waals surface area contributed by atoms with Gasteiger partial charge in [0.05, 0.1) is 16.8 Å². The standard InChI is InChI=1S/C17H13BrN2O/c1-11-5-4-8-15(16(11)18)20-17(21)13-9-10-19-14-7-3-2-6-12(13)14/h2-10H,1H3,(H,20,21). The predicted molar refractivity (Wildman–Crippen MR) is 88.6 cm³/mol. The number of hydrogen-bond acceptors (Lipinski definition) is 2. The van der Waals surface area contributed by atoms with E-state index in [0.717, 1.165) is 26.6 Å². The highest BCUT2D eigenvalue weighted by Gasteiger charge is 2.12. The Hall–Kier alpha value is -2.20. The van der Waals surface area contributed by atoms with Crippen molar-refractivity contribution in [2.75, 3.05) is 5.32 Å². The zero-order valence-corrected chi connectivity index (χ0v) is 13.0. The second-order valence-corrected chi connectivity index (χ2v) is 5.56. The van der Waals surface area contributed by atoms with Crippen molar-refractivity contribution in [3.05, 3.63) is 70.3 Å². The molecule has 1 N–H and O–H groups in total. The Balaban J connectivity index is 2.00. The van der Waals surface area contributed by atoms with Crippen molar-refractivity contribution in [2.24, 2.45) is 0 Å². The first kappa shape index (κ1) is 13.8. The number of nitrogens with one attached hydrogen (secondary N) is 1. The van der Waals surface area contributed by atoms with Crippen LogP contribution in [0.1, 0.15) is 15.9 Å². The number of anilines is 1. The zero-order chi connectivity index (χ0) is 14.8. The molecule has 0 saturated carbocycles. The number of benzene rings is 2. The van der Waals surface area contributed by atoms with Gasteiger partial charge >= 0.3 is 0 Å². The van der Waals surface area contributed by atoms with Gasteiger partial charge in [-0.3, -0.25) is 9.78 Å². The summed E-state index contributed by atoms with van der Waals surface area (Å²) < 4.78 is 0.900. The maximum atomic E-state index is 12.5. The molecule has 1 heterocycles. The molecule has 0 radical (unpaired) electrons. The smallest absolute Gasteiger partial charge is 0.256 e. The topological polar surface area (TPSA) is 42.0 Å². The fourth-order valence-electron chi connectivity index (χ4n) is 2.23. The van der Waals surface area contributed by atoms with E-state index < -0.39 is 0 Å². The van der Waals surface area contributed by atoms with Crippen LogP contribution in [-0.2, 0) is 0 Å². The largest absolute Gasteiger partial charge is 0.321 e. The summed E-state index contributed by atoms with van der Waals surface area (Å²) in [6.07, 6.45) is 1.66. The number of halogens is 1. The number of hydrogen-bond donors (Lipinski definition) is 1. The highest BCUT2D eigenvalue weighted by molar-refractivity contribution is 9.10. The normalized spacial score (nSPS) is 10.6. The van der Waals surface area contributed by atoms with Crippen molar-refractivity contribution in [2.45, 2.75) is 6.92 Å². The molecule has 3 rings (SSSR count). The van der Waals surface area contributed by atoms with Crippen LogP contribution in [0.5, 0.6) is 0 Å². The number of pyridine rings is 1. The lowest BCUT2D eigenvalue weighted by Crippen LogP contribution is -2.13. The molecular formula is C17H13BrN2O. The lowest BCUT2D eigenvalue weighted by Gasteiger charge is -2.10. The Morgan fingerprint density at radius 2 is 1.90 bits per heavy atom. The van der Waals surface area contributed by atoms with Crippen molar-refractivity contribution < 1.29 is 4.79 Å². The summed E-state index contributed by atoms with van der Waals surface area (Å²) in [5, 5.41) is 3.79. The van der Waals surface area contributed by atoms with E-state index in [9.17, 15) is 4.79 Å². The van der Waals surface area contributed by atoms with Crippen molar-refractivity contribution >= 4 is 38.4 Å². The zero-order valence-electron chi connectivity index (χ0n) is 11.4. The van der Waals surface area contributed by atoms with E-state index in [1.165, 1.54) is 0 Å². The summed E-state index contributed by atoms with van der Waals surface area (Å²) in [5.74, 6) is -0.139. The molecule has 0 spiro atoms. The molecule has 21 heavy (non-hydrogen) atoms. The number of aromatic nitrogens is 1. The summed E-state index contributed by atoms with van der Waals surface area (Å²) in [6, 6.07) is 15.1. The second-order valence-electron chi connectivity index (χ2n) is 4.77. The van der Waals surface area contributed by atoms with Crippen molar-refractivity contribution in [3.8, 4) is 0 Å². The minimum atomic E-state index is -0.139. The van der Waals surface area contributed by atoms with Gasteiger partial charge in [0.2, 0.25) is 0 Å². The molecule has 1 aromatic heterocycles. The van der Waals surface area contributed by atoms with E-state index >= 15 is 0 Å². The monoisotopic (exact) mass is 340 g/mol. The van der Waals surface area contributed by atoms with Crippen LogP contribution in [0.2, 0.25) is 0 Å².